The monoisotopic (exact) mass is 507 g/mol. The second kappa shape index (κ2) is 17.5. The van der Waals surface area contributed by atoms with Crippen molar-refractivity contribution < 1.29 is 50.1 Å². The zero-order valence-electron chi connectivity index (χ0n) is 18.5. The van der Waals surface area contributed by atoms with Crippen molar-refractivity contribution in [2.45, 2.75) is 25.3 Å². The Morgan fingerprint density at radius 1 is 0.818 bits per heavy atom. The molecule has 0 spiro atoms. The molecule has 0 aliphatic rings. The fourth-order valence-corrected chi connectivity index (χ4v) is 2.45. The lowest BCUT2D eigenvalue weighted by molar-refractivity contribution is -0.138. The van der Waals surface area contributed by atoms with Gasteiger partial charge in [-0.3, -0.25) is 0 Å². The number of carbonyl (C=O) groups excluding carboxylic acids is 2. The summed E-state index contributed by atoms with van der Waals surface area (Å²) in [7, 11) is -5.31. The molecule has 15 heteroatoms. The highest BCUT2D eigenvalue weighted by molar-refractivity contribution is 7.90. The summed E-state index contributed by atoms with van der Waals surface area (Å²) in [6.45, 7) is 6.81. The summed E-state index contributed by atoms with van der Waals surface area (Å²) in [5.41, 5.74) is -5.03. The van der Waals surface area contributed by atoms with Gasteiger partial charge in [0.2, 0.25) is 0 Å². The van der Waals surface area contributed by atoms with E-state index in [0.29, 0.717) is 32.8 Å². The van der Waals surface area contributed by atoms with E-state index in [0.717, 1.165) is 0 Å². The molecule has 194 valence electrons. The maximum Gasteiger partial charge on any atom is 0.511 e. The molecule has 0 saturated carbocycles. The van der Waals surface area contributed by atoms with E-state index in [9.17, 15) is 31.2 Å². The number of amides is 2. The fourth-order valence-electron chi connectivity index (χ4n) is 1.87. The van der Waals surface area contributed by atoms with Gasteiger partial charge in [0.05, 0.1) is 33.0 Å². The number of alkyl halides is 3. The smallest absolute Gasteiger partial charge is 0.460 e. The maximum atomic E-state index is 12.1. The lowest BCUT2D eigenvalue weighted by Crippen LogP contribution is -2.38. The molecular weight excluding hydrogens is 475 g/mol. The summed E-state index contributed by atoms with van der Waals surface area (Å²) >= 11 is 0. The zero-order valence-corrected chi connectivity index (χ0v) is 19.3. The van der Waals surface area contributed by atoms with Crippen LogP contribution in [0.1, 0.15) is 19.8 Å². The van der Waals surface area contributed by atoms with Gasteiger partial charge >= 0.3 is 27.5 Å². The van der Waals surface area contributed by atoms with Crippen LogP contribution in [0.3, 0.4) is 0 Å². The quantitative estimate of drug-likeness (QED) is 0.132. The van der Waals surface area contributed by atoms with Crippen LogP contribution in [-0.4, -0.2) is 91.8 Å². The van der Waals surface area contributed by atoms with Crippen molar-refractivity contribution in [2.75, 3.05) is 65.9 Å². The van der Waals surface area contributed by atoms with Crippen molar-refractivity contribution >= 4 is 22.0 Å². The Bertz CT molecular complexity index is 690. The molecule has 0 bridgehead atoms. The first-order chi connectivity index (χ1) is 15.5. The van der Waals surface area contributed by atoms with Gasteiger partial charge in [-0.15, -0.1) is 0 Å². The second-order valence-electron chi connectivity index (χ2n) is 6.49. The molecule has 33 heavy (non-hydrogen) atoms. The molecule has 3 N–H and O–H groups in total. The fraction of sp³-hybridized carbons (Fsp3) is 0.778. The summed E-state index contributed by atoms with van der Waals surface area (Å²) in [6.07, 6.45) is 0.673. The molecule has 0 radical (unpaired) electrons. The molecule has 0 aliphatic heterocycles. The molecule has 0 aromatic heterocycles. The number of ether oxygens (including phenoxy) is 4. The van der Waals surface area contributed by atoms with Crippen LogP contribution in [0.5, 0.6) is 0 Å². The summed E-state index contributed by atoms with van der Waals surface area (Å²) in [6, 6.07) is -0.387. The third kappa shape index (κ3) is 17.2. The highest BCUT2D eigenvalue weighted by atomic mass is 32.2. The number of carbonyl (C=O) groups is 2. The van der Waals surface area contributed by atoms with Gasteiger partial charge in [0.1, 0.15) is 6.61 Å². The van der Waals surface area contributed by atoms with Gasteiger partial charge in [-0.1, -0.05) is 6.58 Å². The minimum Gasteiger partial charge on any atom is -0.460 e. The average Bonchev–Trinajstić information content (AvgIpc) is 2.72. The standard InChI is InChI=1S/C18H32F3N3O8S/c1-15(2)16(25)32-10-7-23-17(26)22-5-3-8-29-11-13-31-14-12-30-9-4-6-24-33(27,28)18(19,20)21/h24H,1,3-14H2,2H3,(H2,22,23,26). The Hall–Kier alpha value is -1.94. The maximum absolute atomic E-state index is 12.1. The van der Waals surface area contributed by atoms with E-state index in [4.69, 9.17) is 18.9 Å². The van der Waals surface area contributed by atoms with Crippen molar-refractivity contribution in [2.24, 2.45) is 0 Å². The molecule has 0 atom stereocenters. The molecule has 0 unspecified atom stereocenters. The van der Waals surface area contributed by atoms with Crippen molar-refractivity contribution in [1.82, 2.24) is 15.4 Å². The second-order valence-corrected chi connectivity index (χ2v) is 8.25. The minimum absolute atomic E-state index is 0.0523. The predicted octanol–water partition coefficient (Wildman–Crippen LogP) is 0.674. The largest absolute Gasteiger partial charge is 0.511 e. The van der Waals surface area contributed by atoms with Gasteiger partial charge in [-0.05, 0) is 19.8 Å². The van der Waals surface area contributed by atoms with Crippen molar-refractivity contribution in [3.63, 3.8) is 0 Å². The molecule has 11 nitrogen and oxygen atoms in total. The Kier molecular flexibility index (Phi) is 16.5. The number of esters is 1. The van der Waals surface area contributed by atoms with E-state index in [-0.39, 0.29) is 57.5 Å². The van der Waals surface area contributed by atoms with E-state index in [1.165, 1.54) is 11.6 Å². The molecule has 0 saturated heterocycles. The van der Waals surface area contributed by atoms with Gasteiger partial charge in [0.15, 0.2) is 0 Å². The van der Waals surface area contributed by atoms with Crippen molar-refractivity contribution in [3.8, 4) is 0 Å². The normalized spacial score (nSPS) is 11.8. The molecule has 2 amide bonds. The number of halogens is 3. The van der Waals surface area contributed by atoms with Crippen LogP contribution in [0.25, 0.3) is 0 Å². The molecular formula is C18H32F3N3O8S. The van der Waals surface area contributed by atoms with E-state index in [1.54, 1.807) is 0 Å². The van der Waals surface area contributed by atoms with Crippen molar-refractivity contribution in [3.05, 3.63) is 12.2 Å². The molecule has 0 aromatic rings. The average molecular weight is 508 g/mol. The summed E-state index contributed by atoms with van der Waals surface area (Å²) in [4.78, 5) is 22.6. The van der Waals surface area contributed by atoms with Crippen molar-refractivity contribution in [1.29, 1.82) is 0 Å². The van der Waals surface area contributed by atoms with Crippen LogP contribution in [0.15, 0.2) is 12.2 Å². The van der Waals surface area contributed by atoms with E-state index >= 15 is 0 Å². The molecule has 0 aliphatic carbocycles. The van der Waals surface area contributed by atoms with Gasteiger partial charge in [0.25, 0.3) is 0 Å². The Morgan fingerprint density at radius 3 is 1.82 bits per heavy atom. The summed E-state index contributed by atoms with van der Waals surface area (Å²) in [5, 5.41) is 5.15. The van der Waals surface area contributed by atoms with Gasteiger partial charge in [-0.2, -0.15) is 13.2 Å². The minimum atomic E-state index is -5.32. The number of nitrogens with one attached hydrogen (secondary N) is 3. The molecule has 0 heterocycles. The van der Waals surface area contributed by atoms with Crippen LogP contribution in [-0.2, 0) is 33.8 Å². The van der Waals surface area contributed by atoms with Crippen LogP contribution in [0, 0.1) is 0 Å². The van der Waals surface area contributed by atoms with E-state index < -0.39 is 21.5 Å². The lowest BCUT2D eigenvalue weighted by Gasteiger charge is -2.10. The van der Waals surface area contributed by atoms with Crippen LogP contribution >= 0.6 is 0 Å². The van der Waals surface area contributed by atoms with Gasteiger partial charge in [0, 0.05) is 31.9 Å². The Morgan fingerprint density at radius 2 is 1.30 bits per heavy atom. The van der Waals surface area contributed by atoms with Crippen LogP contribution in [0.4, 0.5) is 18.0 Å². The zero-order chi connectivity index (χ0) is 25.2. The van der Waals surface area contributed by atoms with Gasteiger partial charge in [-0.25, -0.2) is 22.7 Å². The third-order valence-electron chi connectivity index (χ3n) is 3.53. The number of rotatable bonds is 19. The molecule has 0 rings (SSSR count). The Balaban J connectivity index is 3.36. The summed E-state index contributed by atoms with van der Waals surface area (Å²) < 4.78 is 79.7. The predicted molar refractivity (Wildman–Crippen MR) is 112 cm³/mol. The summed E-state index contributed by atoms with van der Waals surface area (Å²) in [5.74, 6) is -0.513. The highest BCUT2D eigenvalue weighted by Crippen LogP contribution is 2.21. The first kappa shape index (κ1) is 31.1. The van der Waals surface area contributed by atoms with E-state index in [1.807, 2.05) is 0 Å². The highest BCUT2D eigenvalue weighted by Gasteiger charge is 2.45. The number of hydrogen-bond donors (Lipinski definition) is 3. The topological polar surface area (TPSA) is 141 Å². The molecule has 0 fully saturated rings. The lowest BCUT2D eigenvalue weighted by atomic mass is 10.4. The number of urea groups is 1. The van der Waals surface area contributed by atoms with E-state index in [2.05, 4.69) is 17.2 Å². The molecule has 0 aromatic carbocycles. The van der Waals surface area contributed by atoms with Crippen LogP contribution < -0.4 is 15.4 Å². The third-order valence-corrected chi connectivity index (χ3v) is 4.72. The van der Waals surface area contributed by atoms with Crippen LogP contribution in [0.2, 0.25) is 0 Å². The number of sulfonamides is 1. The Labute approximate surface area is 191 Å². The van der Waals surface area contributed by atoms with Gasteiger partial charge < -0.3 is 29.6 Å². The SMILES string of the molecule is C=C(C)C(=O)OCCNC(=O)NCCCOCCOCCOCCCNS(=O)(=O)C(F)(F)F. The first-order valence-electron chi connectivity index (χ1n) is 10.1. The number of hydrogen-bond acceptors (Lipinski definition) is 8. The first-order valence-corrected chi connectivity index (χ1v) is 11.6.